The fourth-order valence-electron chi connectivity index (χ4n) is 4.29. The summed E-state index contributed by atoms with van der Waals surface area (Å²) in [5, 5.41) is 0. The van der Waals surface area contributed by atoms with Gasteiger partial charge in [0.15, 0.2) is 0 Å². The average molecular weight is 421 g/mol. The molecule has 25 heavy (non-hydrogen) atoms. The van der Waals surface area contributed by atoms with Gasteiger partial charge in [-0.25, -0.2) is 4.39 Å². The van der Waals surface area contributed by atoms with E-state index in [2.05, 4.69) is 13.0 Å². The van der Waals surface area contributed by atoms with Gasteiger partial charge in [0.25, 0.3) is 0 Å². The van der Waals surface area contributed by atoms with Crippen LogP contribution < -0.4 is 62.9 Å². The van der Waals surface area contributed by atoms with Crippen LogP contribution in [0.3, 0.4) is 0 Å². The first kappa shape index (κ1) is 21.7. The monoisotopic (exact) mass is 420 g/mol. The van der Waals surface area contributed by atoms with Crippen LogP contribution in [-0.4, -0.2) is 5.97 Å². The van der Waals surface area contributed by atoms with Crippen LogP contribution in [0.25, 0.3) is 0 Å². The third-order valence-corrected chi connectivity index (χ3v) is 5.90. The molecule has 0 saturated heterocycles. The van der Waals surface area contributed by atoms with Crippen LogP contribution >= 0.6 is 0 Å². The van der Waals surface area contributed by atoms with Crippen molar-refractivity contribution in [3.63, 3.8) is 0 Å². The van der Waals surface area contributed by atoms with E-state index in [0.29, 0.717) is 5.92 Å². The third kappa shape index (κ3) is 5.66. The molecule has 1 aromatic rings. The van der Waals surface area contributed by atoms with Crippen LogP contribution in [0, 0.1) is 41.4 Å². The molecule has 0 radical (unpaired) electrons. The molecular weight excluding hydrogens is 396 g/mol. The third-order valence-electron chi connectivity index (χ3n) is 5.90. The van der Waals surface area contributed by atoms with Gasteiger partial charge >= 0.3 is 64.2 Å². The molecule has 5 heteroatoms. The van der Waals surface area contributed by atoms with E-state index in [0.717, 1.165) is 37.5 Å². The first-order valence-electron chi connectivity index (χ1n) is 9.12. The molecule has 132 valence electrons. The minimum atomic E-state index is -1.14. The van der Waals surface area contributed by atoms with Crippen molar-refractivity contribution >= 4 is 5.97 Å². The van der Waals surface area contributed by atoms with Gasteiger partial charge in [-0.1, -0.05) is 19.8 Å². The maximum absolute atomic E-state index is 13.6. The van der Waals surface area contributed by atoms with Gasteiger partial charge in [-0.05, 0) is 56.3 Å². The summed E-state index contributed by atoms with van der Waals surface area (Å²) in [6.07, 6.45) is 8.93. The Morgan fingerprint density at radius 1 is 1.04 bits per heavy atom. The number of benzene rings is 1. The van der Waals surface area contributed by atoms with Gasteiger partial charge in [0.2, 0.25) is 0 Å². The van der Waals surface area contributed by atoms with Crippen LogP contribution in [0.2, 0.25) is 0 Å². The topological polar surface area (TPSA) is 26.3 Å². The van der Waals surface area contributed by atoms with Crippen molar-refractivity contribution < 1.29 is 76.5 Å². The fraction of sp³-hybridized carbons (Fsp3) is 0.650. The summed E-state index contributed by atoms with van der Waals surface area (Å²) in [6, 6.07) is 4.57. The fourth-order valence-corrected chi connectivity index (χ4v) is 4.29. The zero-order valence-corrected chi connectivity index (χ0v) is 20.1. The summed E-state index contributed by atoms with van der Waals surface area (Å²) in [6.45, 7) is 2.33. The Morgan fingerprint density at radius 2 is 1.60 bits per heavy atom. The molecule has 0 aromatic heterocycles. The summed E-state index contributed by atoms with van der Waals surface area (Å²) in [7, 11) is 0. The van der Waals surface area contributed by atoms with E-state index >= 15 is 0 Å². The van der Waals surface area contributed by atoms with Gasteiger partial charge in [0, 0.05) is 5.82 Å². The van der Waals surface area contributed by atoms with Crippen molar-refractivity contribution in [1.82, 2.24) is 0 Å². The van der Waals surface area contributed by atoms with Crippen molar-refractivity contribution in [3.8, 4) is 5.75 Å². The average Bonchev–Trinajstić information content (AvgIpc) is 2.60. The van der Waals surface area contributed by atoms with Gasteiger partial charge in [-0.3, -0.25) is 9.18 Å². The minimum Gasteiger partial charge on any atom is -0.450 e. The Labute approximate surface area is 197 Å². The van der Waals surface area contributed by atoms with Gasteiger partial charge in [0.05, 0.1) is 17.5 Å². The molecule has 2 nitrogen and oxygen atoms in total. The molecule has 0 N–H and O–H groups in total. The van der Waals surface area contributed by atoms with Crippen LogP contribution in [0.4, 0.5) is 8.78 Å². The van der Waals surface area contributed by atoms with E-state index in [4.69, 9.17) is 4.74 Å². The van der Waals surface area contributed by atoms with Crippen molar-refractivity contribution in [1.29, 1.82) is 0 Å². The van der Waals surface area contributed by atoms with Crippen molar-refractivity contribution in [2.24, 2.45) is 23.7 Å². The largest absolute Gasteiger partial charge is 1.00 e. The predicted octanol–water partition coefficient (Wildman–Crippen LogP) is 2.31. The Bertz CT molecular complexity index is 577. The summed E-state index contributed by atoms with van der Waals surface area (Å²) in [4.78, 5) is 12.2. The number of ether oxygens (including phenoxy) is 1. The van der Waals surface area contributed by atoms with Gasteiger partial charge < -0.3 is 4.74 Å². The maximum Gasteiger partial charge on any atom is 1.00 e. The van der Waals surface area contributed by atoms with E-state index < -0.39 is 17.6 Å². The van der Waals surface area contributed by atoms with E-state index in [1.54, 1.807) is 0 Å². The number of hydrogen-bond acceptors (Lipinski definition) is 2. The number of rotatable bonds is 3. The normalized spacial score (nSPS) is 29.6. The molecular formula is C20H25F2O2Rb. The Morgan fingerprint density at radius 3 is 2.20 bits per heavy atom. The van der Waals surface area contributed by atoms with E-state index in [1.165, 1.54) is 37.8 Å². The molecule has 2 aliphatic carbocycles. The van der Waals surface area contributed by atoms with Crippen LogP contribution in [0.5, 0.6) is 5.75 Å². The van der Waals surface area contributed by atoms with E-state index in [9.17, 15) is 13.6 Å². The molecule has 2 aliphatic rings. The summed E-state index contributed by atoms with van der Waals surface area (Å²) in [5.74, 6) is -0.862. The predicted molar refractivity (Wildman–Crippen MR) is 87.4 cm³/mol. The second-order valence-corrected chi connectivity index (χ2v) is 7.52. The number of carbonyl (C=O) groups is 1. The van der Waals surface area contributed by atoms with Crippen LogP contribution in [0.1, 0.15) is 58.3 Å². The first-order valence-corrected chi connectivity index (χ1v) is 9.12. The molecule has 0 amide bonds. The quantitative estimate of drug-likeness (QED) is 0.426. The smallest absolute Gasteiger partial charge is 0.450 e. The van der Waals surface area contributed by atoms with Crippen LogP contribution in [0.15, 0.2) is 12.1 Å². The summed E-state index contributed by atoms with van der Waals surface area (Å²) < 4.78 is 31.8. The molecule has 0 aliphatic heterocycles. The molecule has 0 spiro atoms. The Balaban J connectivity index is 0.00000225. The molecule has 0 unspecified atom stereocenters. The zero-order valence-electron chi connectivity index (χ0n) is 15.2. The molecule has 0 atom stereocenters. The first-order chi connectivity index (χ1) is 11.5. The second kappa shape index (κ2) is 10.1. The minimum absolute atomic E-state index is 0. The SMILES string of the molecule is CC1CCC(C2CCC(C(=O)Oc3cc[c-]c(F)c3F)CC2)CC1.[Rb+]. The molecule has 1 aromatic carbocycles. The molecule has 3 rings (SSSR count). The van der Waals surface area contributed by atoms with Crippen molar-refractivity contribution in [2.75, 3.05) is 0 Å². The van der Waals surface area contributed by atoms with E-state index in [1.807, 2.05) is 0 Å². The molecule has 0 heterocycles. The summed E-state index contributed by atoms with van der Waals surface area (Å²) in [5.41, 5.74) is 0. The number of halogens is 2. The Hall–Kier alpha value is 0.355. The molecule has 0 bridgehead atoms. The zero-order chi connectivity index (χ0) is 17.1. The molecule has 2 fully saturated rings. The standard InChI is InChI=1S/C20H25F2O2.Rb/c1-13-5-7-14(8-6-13)15-9-11-16(12-10-15)20(23)24-18-4-2-3-17(21)19(18)22;/h2,4,13-16H,5-12H2,1H3;/q-1;+1. The number of hydrogen-bond donors (Lipinski definition) is 0. The maximum atomic E-state index is 13.6. The van der Waals surface area contributed by atoms with E-state index in [-0.39, 0.29) is 69.9 Å². The number of carbonyl (C=O) groups excluding carboxylic acids is 1. The Kier molecular flexibility index (Phi) is 8.71. The summed E-state index contributed by atoms with van der Waals surface area (Å²) >= 11 is 0. The number of esters is 1. The molecule has 2 saturated carbocycles. The van der Waals surface area contributed by atoms with Gasteiger partial charge in [-0.2, -0.15) is 6.07 Å². The van der Waals surface area contributed by atoms with Gasteiger partial charge in [-0.15, -0.1) is 12.1 Å². The van der Waals surface area contributed by atoms with Crippen molar-refractivity contribution in [2.45, 2.75) is 58.3 Å². The van der Waals surface area contributed by atoms with Crippen molar-refractivity contribution in [3.05, 3.63) is 29.8 Å². The van der Waals surface area contributed by atoms with Gasteiger partial charge in [0.1, 0.15) is 0 Å². The second-order valence-electron chi connectivity index (χ2n) is 7.52. The van der Waals surface area contributed by atoms with Crippen LogP contribution in [-0.2, 0) is 4.79 Å².